The molecule has 0 saturated carbocycles. The number of pyridine rings is 1. The first-order chi connectivity index (χ1) is 7.34. The van der Waals surface area contributed by atoms with Gasteiger partial charge in [0.25, 0.3) is 5.91 Å². The summed E-state index contributed by atoms with van der Waals surface area (Å²) in [5, 5.41) is 2.78. The SMILES string of the molecule is CCOCCCNC(=O)c1ccccn1. The lowest BCUT2D eigenvalue weighted by atomic mass is 10.3. The Balaban J connectivity index is 2.20. The van der Waals surface area contributed by atoms with E-state index < -0.39 is 0 Å². The number of aromatic nitrogens is 1. The van der Waals surface area contributed by atoms with E-state index >= 15 is 0 Å². The summed E-state index contributed by atoms with van der Waals surface area (Å²) in [4.78, 5) is 15.4. The van der Waals surface area contributed by atoms with Crippen molar-refractivity contribution in [3.05, 3.63) is 30.1 Å². The van der Waals surface area contributed by atoms with Gasteiger partial charge in [0.2, 0.25) is 0 Å². The summed E-state index contributed by atoms with van der Waals surface area (Å²) in [7, 11) is 0. The van der Waals surface area contributed by atoms with Gasteiger partial charge in [0.1, 0.15) is 5.69 Å². The average molecular weight is 208 g/mol. The fraction of sp³-hybridized carbons (Fsp3) is 0.455. The van der Waals surface area contributed by atoms with Gasteiger partial charge >= 0.3 is 0 Å². The first kappa shape index (κ1) is 11.7. The minimum Gasteiger partial charge on any atom is -0.382 e. The van der Waals surface area contributed by atoms with Crippen LogP contribution in [0.4, 0.5) is 0 Å². The molecule has 0 bridgehead atoms. The normalized spacial score (nSPS) is 9.93. The number of carbonyl (C=O) groups excluding carboxylic acids is 1. The zero-order valence-electron chi connectivity index (χ0n) is 8.90. The number of carbonyl (C=O) groups is 1. The minimum absolute atomic E-state index is 0.132. The molecule has 1 heterocycles. The monoisotopic (exact) mass is 208 g/mol. The number of hydrogen-bond donors (Lipinski definition) is 1. The van der Waals surface area contributed by atoms with Gasteiger partial charge in [-0.15, -0.1) is 0 Å². The maximum Gasteiger partial charge on any atom is 0.269 e. The van der Waals surface area contributed by atoms with Crippen LogP contribution in [0.25, 0.3) is 0 Å². The second-order valence-corrected chi connectivity index (χ2v) is 3.02. The predicted octanol–water partition coefficient (Wildman–Crippen LogP) is 1.24. The third-order valence-corrected chi connectivity index (χ3v) is 1.85. The number of nitrogens with zero attached hydrogens (tertiary/aromatic N) is 1. The van der Waals surface area contributed by atoms with Crippen LogP contribution in [0, 0.1) is 0 Å². The molecule has 0 atom stereocenters. The van der Waals surface area contributed by atoms with Crippen LogP contribution in [0.1, 0.15) is 23.8 Å². The third-order valence-electron chi connectivity index (χ3n) is 1.85. The highest BCUT2D eigenvalue weighted by molar-refractivity contribution is 5.92. The topological polar surface area (TPSA) is 51.2 Å². The molecule has 1 amide bonds. The molecule has 0 saturated heterocycles. The highest BCUT2D eigenvalue weighted by atomic mass is 16.5. The van der Waals surface area contributed by atoms with Gasteiger partial charge in [-0.1, -0.05) is 6.07 Å². The highest BCUT2D eigenvalue weighted by Gasteiger charge is 2.03. The zero-order chi connectivity index (χ0) is 10.9. The molecule has 0 unspecified atom stereocenters. The number of amides is 1. The van der Waals surface area contributed by atoms with E-state index in [0.717, 1.165) is 6.42 Å². The van der Waals surface area contributed by atoms with E-state index in [2.05, 4.69) is 10.3 Å². The van der Waals surface area contributed by atoms with Crippen molar-refractivity contribution in [3.8, 4) is 0 Å². The van der Waals surface area contributed by atoms with Crippen LogP contribution in [-0.4, -0.2) is 30.6 Å². The maximum absolute atomic E-state index is 11.5. The molecule has 0 spiro atoms. The van der Waals surface area contributed by atoms with Crippen molar-refractivity contribution in [1.82, 2.24) is 10.3 Å². The first-order valence-electron chi connectivity index (χ1n) is 5.11. The van der Waals surface area contributed by atoms with Gasteiger partial charge in [-0.2, -0.15) is 0 Å². The van der Waals surface area contributed by atoms with Gasteiger partial charge in [-0.3, -0.25) is 9.78 Å². The Labute approximate surface area is 89.7 Å². The van der Waals surface area contributed by atoms with Crippen LogP contribution in [0.5, 0.6) is 0 Å². The Bertz CT molecular complexity index is 288. The van der Waals surface area contributed by atoms with Crippen molar-refractivity contribution in [1.29, 1.82) is 0 Å². The summed E-state index contributed by atoms with van der Waals surface area (Å²) >= 11 is 0. The van der Waals surface area contributed by atoms with Gasteiger partial charge in [-0.05, 0) is 25.5 Å². The van der Waals surface area contributed by atoms with Crippen molar-refractivity contribution in [2.45, 2.75) is 13.3 Å². The standard InChI is InChI=1S/C11H16N2O2/c1-2-15-9-5-8-13-11(14)10-6-3-4-7-12-10/h3-4,6-7H,2,5,8-9H2,1H3,(H,13,14). The zero-order valence-corrected chi connectivity index (χ0v) is 8.90. The molecule has 0 aliphatic carbocycles. The predicted molar refractivity (Wildman–Crippen MR) is 57.7 cm³/mol. The van der Waals surface area contributed by atoms with Gasteiger partial charge in [0.15, 0.2) is 0 Å². The molecule has 15 heavy (non-hydrogen) atoms. The van der Waals surface area contributed by atoms with Gasteiger partial charge in [0.05, 0.1) is 0 Å². The van der Waals surface area contributed by atoms with E-state index in [1.165, 1.54) is 0 Å². The van der Waals surface area contributed by atoms with Gasteiger partial charge < -0.3 is 10.1 Å². The quantitative estimate of drug-likeness (QED) is 0.715. The maximum atomic E-state index is 11.5. The fourth-order valence-electron chi connectivity index (χ4n) is 1.11. The van der Waals surface area contributed by atoms with Crippen molar-refractivity contribution < 1.29 is 9.53 Å². The van der Waals surface area contributed by atoms with Crippen LogP contribution < -0.4 is 5.32 Å². The molecular formula is C11H16N2O2. The highest BCUT2D eigenvalue weighted by Crippen LogP contribution is 1.92. The van der Waals surface area contributed by atoms with E-state index in [-0.39, 0.29) is 5.91 Å². The van der Waals surface area contributed by atoms with Crippen LogP contribution >= 0.6 is 0 Å². The Morgan fingerprint density at radius 3 is 3.07 bits per heavy atom. The summed E-state index contributed by atoms with van der Waals surface area (Å²) in [6.07, 6.45) is 2.43. The van der Waals surface area contributed by atoms with E-state index in [4.69, 9.17) is 4.74 Å². The lowest BCUT2D eigenvalue weighted by Crippen LogP contribution is -2.26. The third kappa shape index (κ3) is 4.56. The van der Waals surface area contributed by atoms with Crippen LogP contribution in [0.3, 0.4) is 0 Å². The molecule has 1 rings (SSSR count). The van der Waals surface area contributed by atoms with Crippen LogP contribution in [0.2, 0.25) is 0 Å². The molecule has 1 aromatic heterocycles. The van der Waals surface area contributed by atoms with E-state index in [1.807, 2.05) is 6.92 Å². The number of hydrogen-bond acceptors (Lipinski definition) is 3. The molecule has 0 aliphatic rings. The van der Waals surface area contributed by atoms with Crippen molar-refractivity contribution in [3.63, 3.8) is 0 Å². The number of rotatable bonds is 6. The minimum atomic E-state index is -0.132. The van der Waals surface area contributed by atoms with Crippen molar-refractivity contribution in [2.75, 3.05) is 19.8 Å². The molecular weight excluding hydrogens is 192 g/mol. The summed E-state index contributed by atoms with van der Waals surface area (Å²) in [5.41, 5.74) is 0.453. The second kappa shape index (κ2) is 6.95. The molecule has 82 valence electrons. The first-order valence-corrected chi connectivity index (χ1v) is 5.11. The Kier molecular flexibility index (Phi) is 5.40. The summed E-state index contributed by atoms with van der Waals surface area (Å²) < 4.78 is 5.15. The summed E-state index contributed by atoms with van der Waals surface area (Å²) in [6, 6.07) is 5.27. The van der Waals surface area contributed by atoms with Crippen molar-refractivity contribution >= 4 is 5.91 Å². The molecule has 4 heteroatoms. The smallest absolute Gasteiger partial charge is 0.269 e. The Morgan fingerprint density at radius 2 is 2.40 bits per heavy atom. The van der Waals surface area contributed by atoms with Crippen LogP contribution in [0.15, 0.2) is 24.4 Å². The van der Waals surface area contributed by atoms with E-state index in [0.29, 0.717) is 25.5 Å². The Morgan fingerprint density at radius 1 is 1.53 bits per heavy atom. The summed E-state index contributed by atoms with van der Waals surface area (Å²) in [5.74, 6) is -0.132. The lowest BCUT2D eigenvalue weighted by molar-refractivity contribution is 0.0939. The van der Waals surface area contributed by atoms with Gasteiger partial charge in [0, 0.05) is 26.0 Å². The fourth-order valence-corrected chi connectivity index (χ4v) is 1.11. The summed E-state index contributed by atoms with van der Waals surface area (Å²) in [6.45, 7) is 3.97. The number of ether oxygens (including phenoxy) is 1. The van der Waals surface area contributed by atoms with Gasteiger partial charge in [-0.25, -0.2) is 0 Å². The molecule has 4 nitrogen and oxygen atoms in total. The second-order valence-electron chi connectivity index (χ2n) is 3.02. The molecule has 1 N–H and O–H groups in total. The van der Waals surface area contributed by atoms with E-state index in [1.54, 1.807) is 24.4 Å². The largest absolute Gasteiger partial charge is 0.382 e. The lowest BCUT2D eigenvalue weighted by Gasteiger charge is -2.04. The molecule has 0 aliphatic heterocycles. The molecule has 0 radical (unpaired) electrons. The van der Waals surface area contributed by atoms with Crippen molar-refractivity contribution in [2.24, 2.45) is 0 Å². The van der Waals surface area contributed by atoms with Crippen LogP contribution in [-0.2, 0) is 4.74 Å². The molecule has 0 aromatic carbocycles. The molecule has 0 fully saturated rings. The number of nitrogens with one attached hydrogen (secondary N) is 1. The molecule has 1 aromatic rings. The average Bonchev–Trinajstić information content (AvgIpc) is 2.30. The Hall–Kier alpha value is -1.42. The van der Waals surface area contributed by atoms with E-state index in [9.17, 15) is 4.79 Å².